The van der Waals surface area contributed by atoms with E-state index in [0.29, 0.717) is 37.3 Å². The summed E-state index contributed by atoms with van der Waals surface area (Å²) in [5.41, 5.74) is 1.09. The van der Waals surface area contributed by atoms with Crippen LogP contribution in [0.3, 0.4) is 0 Å². The van der Waals surface area contributed by atoms with Gasteiger partial charge in [0.1, 0.15) is 6.61 Å². The van der Waals surface area contributed by atoms with Crippen LogP contribution in [0.15, 0.2) is 34.9 Å². The van der Waals surface area contributed by atoms with Gasteiger partial charge in [0.05, 0.1) is 12.6 Å². The van der Waals surface area contributed by atoms with Crippen LogP contribution in [0.25, 0.3) is 0 Å². The zero-order valence-electron chi connectivity index (χ0n) is 16.1. The molecule has 3 rings (SSSR count). The van der Waals surface area contributed by atoms with Gasteiger partial charge in [0.25, 0.3) is 5.89 Å². The Labute approximate surface area is 160 Å². The maximum atomic E-state index is 12.5. The second-order valence-electron chi connectivity index (χ2n) is 7.31. The van der Waals surface area contributed by atoms with Crippen LogP contribution in [0.2, 0.25) is 0 Å². The largest absolute Gasteiger partial charge is 0.367 e. The third-order valence-corrected chi connectivity index (χ3v) is 4.54. The van der Waals surface area contributed by atoms with Crippen molar-refractivity contribution < 1.29 is 14.1 Å². The van der Waals surface area contributed by atoms with Gasteiger partial charge in [0, 0.05) is 13.1 Å². The molecule has 27 heavy (non-hydrogen) atoms. The SMILES string of the molecule is CC(C)CNC(=O)N1CCCCC1c1noc(COCc2ccccc2)n1. The number of urea groups is 1. The van der Waals surface area contributed by atoms with Crippen LogP contribution in [-0.2, 0) is 18.0 Å². The second kappa shape index (κ2) is 9.50. The highest BCUT2D eigenvalue weighted by molar-refractivity contribution is 5.74. The molecule has 1 unspecified atom stereocenters. The van der Waals surface area contributed by atoms with E-state index in [1.54, 1.807) is 0 Å². The van der Waals surface area contributed by atoms with E-state index in [1.807, 2.05) is 35.2 Å². The smallest absolute Gasteiger partial charge is 0.318 e. The number of hydrogen-bond acceptors (Lipinski definition) is 5. The van der Waals surface area contributed by atoms with Crippen LogP contribution in [0.5, 0.6) is 0 Å². The molecule has 0 bridgehead atoms. The van der Waals surface area contributed by atoms with E-state index in [9.17, 15) is 4.79 Å². The van der Waals surface area contributed by atoms with Gasteiger partial charge in [-0.2, -0.15) is 4.98 Å². The van der Waals surface area contributed by atoms with E-state index < -0.39 is 0 Å². The van der Waals surface area contributed by atoms with Gasteiger partial charge in [-0.05, 0) is 30.7 Å². The molecule has 1 N–H and O–H groups in total. The third kappa shape index (κ3) is 5.53. The first-order valence-corrected chi connectivity index (χ1v) is 9.62. The van der Waals surface area contributed by atoms with Gasteiger partial charge in [-0.3, -0.25) is 0 Å². The minimum atomic E-state index is -0.141. The third-order valence-electron chi connectivity index (χ3n) is 4.54. The number of ether oxygens (including phenoxy) is 1. The molecule has 2 amide bonds. The Morgan fingerprint density at radius 1 is 1.30 bits per heavy atom. The van der Waals surface area contributed by atoms with Crippen molar-refractivity contribution in [1.82, 2.24) is 20.4 Å². The summed E-state index contributed by atoms with van der Waals surface area (Å²) in [6.45, 7) is 6.28. The zero-order chi connectivity index (χ0) is 19.1. The van der Waals surface area contributed by atoms with Crippen LogP contribution < -0.4 is 5.32 Å². The minimum Gasteiger partial charge on any atom is -0.367 e. The fourth-order valence-corrected chi connectivity index (χ4v) is 3.13. The molecule has 0 saturated carbocycles. The Hall–Kier alpha value is -2.41. The topological polar surface area (TPSA) is 80.5 Å². The van der Waals surface area contributed by atoms with E-state index >= 15 is 0 Å². The number of amides is 2. The van der Waals surface area contributed by atoms with Gasteiger partial charge < -0.3 is 19.5 Å². The summed E-state index contributed by atoms with van der Waals surface area (Å²) in [5, 5.41) is 7.09. The predicted octanol–water partition coefficient (Wildman–Crippen LogP) is 3.68. The first-order valence-electron chi connectivity index (χ1n) is 9.62. The highest BCUT2D eigenvalue weighted by Crippen LogP contribution is 2.29. The van der Waals surface area contributed by atoms with E-state index in [-0.39, 0.29) is 18.7 Å². The standard InChI is InChI=1S/C20H28N4O3/c1-15(2)12-21-20(25)24-11-7-6-10-17(24)19-22-18(27-23-19)14-26-13-16-8-4-3-5-9-16/h3-5,8-9,15,17H,6-7,10-14H2,1-2H3,(H,21,25). The molecule has 2 aromatic rings. The van der Waals surface area contributed by atoms with Crippen molar-refractivity contribution in [3.8, 4) is 0 Å². The number of benzene rings is 1. The predicted molar refractivity (Wildman–Crippen MR) is 101 cm³/mol. The van der Waals surface area contributed by atoms with Crippen molar-refractivity contribution in [2.45, 2.75) is 52.4 Å². The number of likely N-dealkylation sites (tertiary alicyclic amines) is 1. The first kappa shape index (κ1) is 19.4. The molecule has 1 saturated heterocycles. The van der Waals surface area contributed by atoms with Crippen molar-refractivity contribution in [3.05, 3.63) is 47.6 Å². The Morgan fingerprint density at radius 2 is 2.11 bits per heavy atom. The number of piperidine rings is 1. The molecule has 1 atom stereocenters. The minimum absolute atomic E-state index is 0.0555. The lowest BCUT2D eigenvalue weighted by Gasteiger charge is -2.33. The van der Waals surface area contributed by atoms with Gasteiger partial charge in [-0.25, -0.2) is 4.79 Å². The molecular weight excluding hydrogens is 344 g/mol. The molecule has 1 fully saturated rings. The maximum Gasteiger partial charge on any atom is 0.318 e. The molecule has 1 aliphatic heterocycles. The summed E-state index contributed by atoms with van der Waals surface area (Å²) in [7, 11) is 0. The molecule has 0 radical (unpaired) electrons. The normalized spacial score (nSPS) is 17.3. The highest BCUT2D eigenvalue weighted by atomic mass is 16.5. The Morgan fingerprint density at radius 3 is 2.89 bits per heavy atom. The molecule has 2 heterocycles. The van der Waals surface area contributed by atoms with Crippen LogP contribution in [0, 0.1) is 5.92 Å². The average molecular weight is 372 g/mol. The summed E-state index contributed by atoms with van der Waals surface area (Å²) in [4.78, 5) is 18.8. The molecule has 7 nitrogen and oxygen atoms in total. The molecule has 1 aromatic carbocycles. The summed E-state index contributed by atoms with van der Waals surface area (Å²) in [5.74, 6) is 1.41. The summed E-state index contributed by atoms with van der Waals surface area (Å²) in [6, 6.07) is 9.75. The number of nitrogens with zero attached hydrogens (tertiary/aromatic N) is 3. The molecule has 146 valence electrons. The summed E-state index contributed by atoms with van der Waals surface area (Å²) >= 11 is 0. The number of rotatable bonds is 7. The van der Waals surface area contributed by atoms with E-state index in [1.165, 1.54) is 0 Å². The monoisotopic (exact) mass is 372 g/mol. The molecule has 1 aliphatic rings. The fraction of sp³-hybridized carbons (Fsp3) is 0.550. The van der Waals surface area contributed by atoms with Gasteiger partial charge in [0.2, 0.25) is 0 Å². The van der Waals surface area contributed by atoms with E-state index in [2.05, 4.69) is 29.3 Å². The van der Waals surface area contributed by atoms with Gasteiger partial charge in [-0.1, -0.05) is 49.3 Å². The van der Waals surface area contributed by atoms with Crippen molar-refractivity contribution in [1.29, 1.82) is 0 Å². The van der Waals surface area contributed by atoms with Crippen molar-refractivity contribution in [2.75, 3.05) is 13.1 Å². The Bertz CT molecular complexity index is 717. The first-order chi connectivity index (χ1) is 13.1. The van der Waals surface area contributed by atoms with Gasteiger partial charge in [-0.15, -0.1) is 0 Å². The van der Waals surface area contributed by atoms with Crippen molar-refractivity contribution in [3.63, 3.8) is 0 Å². The number of carbonyl (C=O) groups is 1. The van der Waals surface area contributed by atoms with Crippen LogP contribution >= 0.6 is 0 Å². The summed E-state index contributed by atoms with van der Waals surface area (Å²) < 4.78 is 11.0. The lowest BCUT2D eigenvalue weighted by molar-refractivity contribution is 0.0850. The Kier molecular flexibility index (Phi) is 6.81. The quantitative estimate of drug-likeness (QED) is 0.802. The average Bonchev–Trinajstić information content (AvgIpc) is 3.16. The van der Waals surface area contributed by atoms with Crippen LogP contribution in [0.1, 0.15) is 56.4 Å². The molecule has 7 heteroatoms. The van der Waals surface area contributed by atoms with Crippen LogP contribution in [-0.4, -0.2) is 34.2 Å². The highest BCUT2D eigenvalue weighted by Gasteiger charge is 2.31. The lowest BCUT2D eigenvalue weighted by atomic mass is 10.0. The zero-order valence-corrected chi connectivity index (χ0v) is 16.1. The second-order valence-corrected chi connectivity index (χ2v) is 7.31. The number of nitrogens with one attached hydrogen (secondary N) is 1. The van der Waals surface area contributed by atoms with E-state index in [4.69, 9.17) is 9.26 Å². The molecule has 1 aromatic heterocycles. The fourth-order valence-electron chi connectivity index (χ4n) is 3.13. The molecule has 0 aliphatic carbocycles. The lowest BCUT2D eigenvalue weighted by Crippen LogP contribution is -2.45. The summed E-state index contributed by atoms with van der Waals surface area (Å²) in [6.07, 6.45) is 2.89. The van der Waals surface area contributed by atoms with Crippen molar-refractivity contribution >= 4 is 6.03 Å². The number of carbonyl (C=O) groups excluding carboxylic acids is 1. The van der Waals surface area contributed by atoms with Gasteiger partial charge >= 0.3 is 6.03 Å². The molecule has 0 spiro atoms. The van der Waals surface area contributed by atoms with Crippen molar-refractivity contribution in [2.24, 2.45) is 5.92 Å². The number of hydrogen-bond donors (Lipinski definition) is 1. The molecular formula is C20H28N4O3. The maximum absolute atomic E-state index is 12.5. The Balaban J connectivity index is 1.57. The van der Waals surface area contributed by atoms with E-state index in [0.717, 1.165) is 24.8 Å². The van der Waals surface area contributed by atoms with Gasteiger partial charge in [0.15, 0.2) is 5.82 Å². The van der Waals surface area contributed by atoms with Crippen LogP contribution in [0.4, 0.5) is 4.79 Å². The number of aromatic nitrogens is 2.